The molecule has 3 aromatic rings. The number of nitrogens with zero attached hydrogens (tertiary/aromatic N) is 2. The number of hydrogen-bond acceptors (Lipinski definition) is 5. The summed E-state index contributed by atoms with van der Waals surface area (Å²) in [7, 11) is 2.97. The molecule has 0 radical (unpaired) electrons. The number of ether oxygens (including phenoxy) is 2. The molecule has 2 aromatic carbocycles. The molecule has 2 heterocycles. The van der Waals surface area contributed by atoms with E-state index in [0.717, 1.165) is 24.3 Å². The van der Waals surface area contributed by atoms with Crippen LogP contribution in [0.5, 0.6) is 5.75 Å². The van der Waals surface area contributed by atoms with Crippen LogP contribution in [0.2, 0.25) is 0 Å². The lowest BCUT2D eigenvalue weighted by Crippen LogP contribution is -2.39. The van der Waals surface area contributed by atoms with Gasteiger partial charge in [-0.3, -0.25) is 14.7 Å². The summed E-state index contributed by atoms with van der Waals surface area (Å²) in [5.74, 6) is 0.880. The van der Waals surface area contributed by atoms with E-state index in [0.29, 0.717) is 11.9 Å². The molecule has 2 fully saturated rings. The molecule has 1 spiro atoms. The maximum Gasteiger partial charge on any atom is 0.292 e. The van der Waals surface area contributed by atoms with Crippen LogP contribution < -0.4 is 4.74 Å². The predicted molar refractivity (Wildman–Crippen MR) is 190 cm³/mol. The number of carbonyl (C=O) groups excluding carboxylic acids is 1. The third-order valence-corrected chi connectivity index (χ3v) is 9.09. The van der Waals surface area contributed by atoms with Crippen LogP contribution in [0.25, 0.3) is 6.08 Å². The predicted octanol–water partition coefficient (Wildman–Crippen LogP) is 9.52. The van der Waals surface area contributed by atoms with Gasteiger partial charge in [0.05, 0.1) is 14.2 Å². The fourth-order valence-electron chi connectivity index (χ4n) is 6.39. The number of methoxy groups -OCH3 is 2. The normalized spacial score (nSPS) is 17.9. The SMILES string of the molecule is C=C=C(C)C1(Cc2ccc(C)cc2)CCC2(CCN(Cc3ccncc3)CC2)C1.C=Cc1ccc(OC)cc1.CC.COC=O.[HH]. The maximum absolute atomic E-state index is 8.95. The molecule has 1 saturated heterocycles. The molecule has 244 valence electrons. The number of rotatable bonds is 8. The number of likely N-dealkylation sites (tertiary alicyclic amines) is 1. The van der Waals surface area contributed by atoms with E-state index in [1.807, 2.05) is 50.5 Å². The van der Waals surface area contributed by atoms with Gasteiger partial charge in [0.2, 0.25) is 0 Å². The average Bonchev–Trinajstić information content (AvgIpc) is 3.46. The minimum absolute atomic E-state index is 0. The van der Waals surface area contributed by atoms with Crippen molar-refractivity contribution in [3.05, 3.63) is 120 Å². The van der Waals surface area contributed by atoms with Gasteiger partial charge in [0, 0.05) is 25.8 Å². The van der Waals surface area contributed by atoms with Gasteiger partial charge in [0.1, 0.15) is 5.75 Å². The van der Waals surface area contributed by atoms with E-state index in [1.54, 1.807) is 13.2 Å². The van der Waals surface area contributed by atoms with Crippen molar-refractivity contribution in [3.8, 4) is 5.75 Å². The number of aryl methyl sites for hydroxylation is 1. The van der Waals surface area contributed by atoms with E-state index < -0.39 is 0 Å². The van der Waals surface area contributed by atoms with Crippen LogP contribution in [0.1, 0.15) is 76.6 Å². The second-order valence-corrected chi connectivity index (χ2v) is 11.9. The number of carbonyl (C=O) groups is 1. The van der Waals surface area contributed by atoms with Crippen molar-refractivity contribution in [3.63, 3.8) is 0 Å². The smallest absolute Gasteiger partial charge is 0.292 e. The highest BCUT2D eigenvalue weighted by molar-refractivity contribution is 5.48. The van der Waals surface area contributed by atoms with Gasteiger partial charge in [-0.05, 0) is 117 Å². The zero-order chi connectivity index (χ0) is 33.1. The lowest BCUT2D eigenvalue weighted by atomic mass is 9.69. The molecular weight excluding hydrogens is 556 g/mol. The van der Waals surface area contributed by atoms with Crippen molar-refractivity contribution >= 4 is 12.5 Å². The molecule has 1 aliphatic heterocycles. The quantitative estimate of drug-likeness (QED) is 0.187. The van der Waals surface area contributed by atoms with Gasteiger partial charge in [0.15, 0.2) is 0 Å². The molecule has 1 unspecified atom stereocenters. The van der Waals surface area contributed by atoms with E-state index in [4.69, 9.17) is 9.53 Å². The number of allylic oxidation sites excluding steroid dienone is 1. The van der Waals surface area contributed by atoms with Crippen molar-refractivity contribution in [2.75, 3.05) is 27.3 Å². The molecule has 1 atom stereocenters. The van der Waals surface area contributed by atoms with Crippen molar-refractivity contribution < 1.29 is 15.7 Å². The first-order valence-corrected chi connectivity index (χ1v) is 16.1. The first kappa shape index (κ1) is 37.3. The van der Waals surface area contributed by atoms with Crippen LogP contribution in [0.4, 0.5) is 0 Å². The van der Waals surface area contributed by atoms with Gasteiger partial charge >= 0.3 is 0 Å². The van der Waals surface area contributed by atoms with Crippen molar-refractivity contribution in [2.45, 2.75) is 72.8 Å². The molecule has 1 aliphatic carbocycles. The van der Waals surface area contributed by atoms with Crippen LogP contribution in [0.15, 0.2) is 97.5 Å². The maximum atomic E-state index is 8.95. The van der Waals surface area contributed by atoms with Crippen LogP contribution in [-0.4, -0.2) is 43.7 Å². The Bertz CT molecular complexity index is 1330. The Labute approximate surface area is 274 Å². The average molecular weight is 613 g/mol. The minimum atomic E-state index is 0. The van der Waals surface area contributed by atoms with Crippen LogP contribution >= 0.6 is 0 Å². The second kappa shape index (κ2) is 19.5. The molecule has 2 aliphatic rings. The lowest BCUT2D eigenvalue weighted by molar-refractivity contribution is -0.126. The number of piperidine rings is 1. The third-order valence-electron chi connectivity index (χ3n) is 9.09. The Morgan fingerprint density at radius 1 is 0.956 bits per heavy atom. The summed E-state index contributed by atoms with van der Waals surface area (Å²) in [5.41, 5.74) is 10.7. The van der Waals surface area contributed by atoms with Gasteiger partial charge in [-0.25, -0.2) is 0 Å². The summed E-state index contributed by atoms with van der Waals surface area (Å²) in [6.07, 6.45) is 13.3. The molecule has 5 rings (SSSR count). The van der Waals surface area contributed by atoms with Crippen molar-refractivity contribution in [2.24, 2.45) is 10.8 Å². The molecule has 0 bridgehead atoms. The zero-order valence-corrected chi connectivity index (χ0v) is 28.5. The van der Waals surface area contributed by atoms with E-state index >= 15 is 0 Å². The van der Waals surface area contributed by atoms with E-state index in [9.17, 15) is 0 Å². The minimum Gasteiger partial charge on any atom is -0.497 e. The summed E-state index contributed by atoms with van der Waals surface area (Å²) in [6.45, 7) is 19.9. The van der Waals surface area contributed by atoms with Crippen LogP contribution in [0.3, 0.4) is 0 Å². The Kier molecular flexibility index (Phi) is 16.1. The molecule has 1 aromatic heterocycles. The fraction of sp³-hybridized carbons (Fsp3) is 0.425. The number of hydrogen-bond donors (Lipinski definition) is 0. The highest BCUT2D eigenvalue weighted by atomic mass is 16.5. The Morgan fingerprint density at radius 2 is 1.56 bits per heavy atom. The van der Waals surface area contributed by atoms with Crippen molar-refractivity contribution in [1.29, 1.82) is 0 Å². The summed E-state index contributed by atoms with van der Waals surface area (Å²) >= 11 is 0. The summed E-state index contributed by atoms with van der Waals surface area (Å²) in [5, 5.41) is 0. The second-order valence-electron chi connectivity index (χ2n) is 11.9. The first-order valence-electron chi connectivity index (χ1n) is 16.1. The molecule has 1 saturated carbocycles. The van der Waals surface area contributed by atoms with Gasteiger partial charge in [-0.2, -0.15) is 0 Å². The van der Waals surface area contributed by atoms with Crippen LogP contribution in [0, 0.1) is 17.8 Å². The topological polar surface area (TPSA) is 51.7 Å². The van der Waals surface area contributed by atoms with Crippen molar-refractivity contribution in [1.82, 2.24) is 9.88 Å². The first-order chi connectivity index (χ1) is 21.8. The Hall–Kier alpha value is -3.92. The van der Waals surface area contributed by atoms with E-state index in [1.165, 1.54) is 74.6 Å². The number of pyridine rings is 1. The summed E-state index contributed by atoms with van der Waals surface area (Å²) in [6, 6.07) is 21.2. The zero-order valence-electron chi connectivity index (χ0n) is 28.5. The third kappa shape index (κ3) is 11.5. The molecular formula is C40H56N2O3. The molecule has 0 N–H and O–H groups in total. The van der Waals surface area contributed by atoms with Gasteiger partial charge in [-0.15, -0.1) is 5.73 Å². The highest BCUT2D eigenvalue weighted by Gasteiger charge is 2.49. The highest BCUT2D eigenvalue weighted by Crippen LogP contribution is 2.58. The Balaban J connectivity index is 0.000000518. The van der Waals surface area contributed by atoms with E-state index in [-0.39, 0.29) is 6.84 Å². The molecule has 0 amide bonds. The Morgan fingerprint density at radius 3 is 2.07 bits per heavy atom. The monoisotopic (exact) mass is 612 g/mol. The summed E-state index contributed by atoms with van der Waals surface area (Å²) in [4.78, 5) is 15.7. The standard InChI is InChI=1S/C27H34N2.C9H10O.C2H4O2.C2H6.H2/c1-4-23(3)27(19-24-7-5-22(2)6-8-24)12-11-26(21-27)13-17-29(18-14-26)20-25-9-15-28-16-10-25;1-3-8-4-6-9(10-2)7-5-8;1-4-2-3;1-2;/h5-10,15-16H,1,11-14,17-21H2,2-3H3;3-7H,1H2,2H3;2H,1H3;1-2H3;1H. The fourth-order valence-corrected chi connectivity index (χ4v) is 6.39. The van der Waals surface area contributed by atoms with E-state index in [2.05, 4.69) is 83.8 Å². The number of benzene rings is 2. The van der Waals surface area contributed by atoms with Crippen LogP contribution in [-0.2, 0) is 22.5 Å². The van der Waals surface area contributed by atoms with Gasteiger partial charge in [-0.1, -0.05) is 75.0 Å². The number of aromatic nitrogens is 1. The molecule has 5 heteroatoms. The summed E-state index contributed by atoms with van der Waals surface area (Å²) < 4.78 is 8.84. The van der Waals surface area contributed by atoms with Gasteiger partial charge < -0.3 is 9.47 Å². The lowest BCUT2D eigenvalue weighted by Gasteiger charge is -2.41. The molecule has 45 heavy (non-hydrogen) atoms. The van der Waals surface area contributed by atoms with Gasteiger partial charge in [0.25, 0.3) is 6.47 Å². The molecule has 5 nitrogen and oxygen atoms in total. The largest absolute Gasteiger partial charge is 0.497 e.